The molecule has 0 bridgehead atoms. The molecule has 25 heavy (non-hydrogen) atoms. The molecule has 0 saturated heterocycles. The summed E-state index contributed by atoms with van der Waals surface area (Å²) < 4.78 is 5.18. The summed E-state index contributed by atoms with van der Waals surface area (Å²) in [5.74, 6) is -2.36. The SMILES string of the molecule is Cc1cccc(C(=O)O)c1NC(=O)[C@@H]1Cc2ccc(Cl)cc2C(=O)O1. The zero-order chi connectivity index (χ0) is 18.1. The van der Waals surface area contributed by atoms with E-state index in [0.29, 0.717) is 21.7 Å². The summed E-state index contributed by atoms with van der Waals surface area (Å²) >= 11 is 5.87. The Bertz CT molecular complexity index is 893. The number of amides is 1. The lowest BCUT2D eigenvalue weighted by atomic mass is 9.98. The van der Waals surface area contributed by atoms with E-state index in [0.717, 1.165) is 0 Å². The molecule has 1 aliphatic heterocycles. The minimum absolute atomic E-state index is 0.0253. The van der Waals surface area contributed by atoms with E-state index >= 15 is 0 Å². The second kappa shape index (κ2) is 6.57. The molecule has 2 aromatic rings. The van der Waals surface area contributed by atoms with Gasteiger partial charge in [0, 0.05) is 11.4 Å². The summed E-state index contributed by atoms with van der Waals surface area (Å²) in [5.41, 5.74) is 1.76. The maximum Gasteiger partial charge on any atom is 0.339 e. The molecule has 0 aromatic heterocycles. The number of hydrogen-bond donors (Lipinski definition) is 2. The number of carboxylic acid groups (broad SMARTS) is 1. The largest absolute Gasteiger partial charge is 0.478 e. The van der Waals surface area contributed by atoms with Crippen molar-refractivity contribution in [1.82, 2.24) is 0 Å². The molecule has 1 heterocycles. The number of anilines is 1. The lowest BCUT2D eigenvalue weighted by molar-refractivity contribution is -0.125. The smallest absolute Gasteiger partial charge is 0.339 e. The molecule has 6 nitrogen and oxygen atoms in total. The number of benzene rings is 2. The van der Waals surface area contributed by atoms with Crippen molar-refractivity contribution >= 4 is 35.1 Å². The molecule has 0 radical (unpaired) electrons. The third-order valence-corrected chi connectivity index (χ3v) is 4.23. The first kappa shape index (κ1) is 17.0. The van der Waals surface area contributed by atoms with E-state index in [9.17, 15) is 19.5 Å². The maximum absolute atomic E-state index is 12.5. The molecular weight excluding hydrogens is 346 g/mol. The number of carboxylic acids is 1. The van der Waals surface area contributed by atoms with Crippen molar-refractivity contribution in [3.05, 3.63) is 63.7 Å². The topological polar surface area (TPSA) is 92.7 Å². The first-order valence-corrected chi connectivity index (χ1v) is 7.88. The average Bonchev–Trinajstić information content (AvgIpc) is 2.56. The van der Waals surface area contributed by atoms with Gasteiger partial charge < -0.3 is 15.2 Å². The molecular formula is C18H14ClNO5. The number of aromatic carboxylic acids is 1. The molecule has 0 fully saturated rings. The van der Waals surface area contributed by atoms with Crippen LogP contribution in [0.3, 0.4) is 0 Å². The lowest BCUT2D eigenvalue weighted by Crippen LogP contribution is -2.38. The number of ether oxygens (including phenoxy) is 1. The third-order valence-electron chi connectivity index (χ3n) is 3.99. The van der Waals surface area contributed by atoms with Crippen LogP contribution in [0.2, 0.25) is 5.02 Å². The fourth-order valence-corrected chi connectivity index (χ4v) is 2.88. The highest BCUT2D eigenvalue weighted by Gasteiger charge is 2.32. The number of rotatable bonds is 3. The van der Waals surface area contributed by atoms with Crippen LogP contribution in [0.5, 0.6) is 0 Å². The minimum Gasteiger partial charge on any atom is -0.478 e. The van der Waals surface area contributed by atoms with E-state index in [2.05, 4.69) is 5.32 Å². The fourth-order valence-electron chi connectivity index (χ4n) is 2.71. The van der Waals surface area contributed by atoms with Crippen LogP contribution in [-0.2, 0) is 16.0 Å². The normalized spacial score (nSPS) is 15.9. The van der Waals surface area contributed by atoms with Crippen molar-refractivity contribution < 1.29 is 24.2 Å². The first-order valence-electron chi connectivity index (χ1n) is 7.50. The summed E-state index contributed by atoms with van der Waals surface area (Å²) in [4.78, 5) is 35.9. The lowest BCUT2D eigenvalue weighted by Gasteiger charge is -2.24. The summed E-state index contributed by atoms with van der Waals surface area (Å²) in [6.07, 6.45) is -0.847. The van der Waals surface area contributed by atoms with Gasteiger partial charge >= 0.3 is 11.9 Å². The number of nitrogens with one attached hydrogen (secondary N) is 1. The van der Waals surface area contributed by atoms with Gasteiger partial charge in [0.05, 0.1) is 16.8 Å². The second-order valence-corrected chi connectivity index (χ2v) is 6.13. The van der Waals surface area contributed by atoms with Gasteiger partial charge in [-0.1, -0.05) is 29.8 Å². The van der Waals surface area contributed by atoms with Gasteiger partial charge in [-0.15, -0.1) is 0 Å². The van der Waals surface area contributed by atoms with Gasteiger partial charge in [-0.05, 0) is 36.2 Å². The molecule has 1 amide bonds. The minimum atomic E-state index is -1.15. The Morgan fingerprint density at radius 2 is 2.04 bits per heavy atom. The van der Waals surface area contributed by atoms with Crippen LogP contribution in [-0.4, -0.2) is 29.1 Å². The molecule has 128 valence electrons. The van der Waals surface area contributed by atoms with Crippen molar-refractivity contribution in [3.63, 3.8) is 0 Å². The molecule has 0 aliphatic carbocycles. The number of carbonyl (C=O) groups excluding carboxylic acids is 2. The van der Waals surface area contributed by atoms with Crippen molar-refractivity contribution in [2.75, 3.05) is 5.32 Å². The molecule has 1 aliphatic rings. The Morgan fingerprint density at radius 1 is 1.28 bits per heavy atom. The Morgan fingerprint density at radius 3 is 2.76 bits per heavy atom. The van der Waals surface area contributed by atoms with Crippen LogP contribution in [0, 0.1) is 6.92 Å². The Balaban J connectivity index is 1.85. The molecule has 3 rings (SSSR count). The quantitative estimate of drug-likeness (QED) is 0.821. The van der Waals surface area contributed by atoms with Gasteiger partial charge in [-0.2, -0.15) is 0 Å². The fraction of sp³-hybridized carbons (Fsp3) is 0.167. The van der Waals surface area contributed by atoms with Crippen LogP contribution in [0.15, 0.2) is 36.4 Å². The zero-order valence-electron chi connectivity index (χ0n) is 13.2. The highest BCUT2D eigenvalue weighted by Crippen LogP contribution is 2.26. The van der Waals surface area contributed by atoms with E-state index in [1.165, 1.54) is 12.1 Å². The number of esters is 1. The molecule has 2 aromatic carbocycles. The highest BCUT2D eigenvalue weighted by molar-refractivity contribution is 6.31. The van der Waals surface area contributed by atoms with E-state index < -0.39 is 23.9 Å². The monoisotopic (exact) mass is 359 g/mol. The van der Waals surface area contributed by atoms with Gasteiger partial charge in [0.25, 0.3) is 5.91 Å². The standard InChI is InChI=1S/C18H14ClNO5/c1-9-3-2-4-12(17(22)23)15(9)20-16(21)14-7-10-5-6-11(19)8-13(10)18(24)25-14/h2-6,8,14H,7H2,1H3,(H,20,21)(H,22,23)/t14-/m0/s1. The number of halogens is 1. The number of hydrogen-bond acceptors (Lipinski definition) is 4. The number of carbonyl (C=O) groups is 3. The van der Waals surface area contributed by atoms with Gasteiger partial charge in [-0.25, -0.2) is 9.59 Å². The zero-order valence-corrected chi connectivity index (χ0v) is 14.0. The summed E-state index contributed by atoms with van der Waals surface area (Å²) in [7, 11) is 0. The molecule has 2 N–H and O–H groups in total. The van der Waals surface area contributed by atoms with Crippen molar-refractivity contribution in [1.29, 1.82) is 0 Å². The van der Waals surface area contributed by atoms with E-state index in [1.54, 1.807) is 31.2 Å². The van der Waals surface area contributed by atoms with E-state index in [4.69, 9.17) is 16.3 Å². The van der Waals surface area contributed by atoms with Gasteiger partial charge in [-0.3, -0.25) is 4.79 Å². The van der Waals surface area contributed by atoms with Crippen LogP contribution in [0.1, 0.15) is 31.8 Å². The van der Waals surface area contributed by atoms with Gasteiger partial charge in [0.2, 0.25) is 0 Å². The van der Waals surface area contributed by atoms with Gasteiger partial charge in [0.15, 0.2) is 6.10 Å². The van der Waals surface area contributed by atoms with Crippen LogP contribution in [0.25, 0.3) is 0 Å². The summed E-state index contributed by atoms with van der Waals surface area (Å²) in [6.45, 7) is 1.69. The average molecular weight is 360 g/mol. The summed E-state index contributed by atoms with van der Waals surface area (Å²) in [6, 6.07) is 9.49. The van der Waals surface area contributed by atoms with E-state index in [-0.39, 0.29) is 17.7 Å². The first-order chi connectivity index (χ1) is 11.9. The third kappa shape index (κ3) is 3.34. The van der Waals surface area contributed by atoms with Crippen molar-refractivity contribution in [2.24, 2.45) is 0 Å². The maximum atomic E-state index is 12.5. The molecule has 1 atom stereocenters. The number of cyclic esters (lactones) is 1. The molecule has 0 unspecified atom stereocenters. The molecule has 7 heteroatoms. The Labute approximate surface area is 148 Å². The number of fused-ring (bicyclic) bond motifs is 1. The van der Waals surface area contributed by atoms with E-state index in [1.807, 2.05) is 0 Å². The predicted octanol–water partition coefficient (Wildman–Crippen LogP) is 3.07. The van der Waals surface area contributed by atoms with Crippen LogP contribution in [0.4, 0.5) is 5.69 Å². The highest BCUT2D eigenvalue weighted by atomic mass is 35.5. The van der Waals surface area contributed by atoms with Crippen LogP contribution >= 0.6 is 11.6 Å². The number of aryl methyl sites for hydroxylation is 1. The molecule has 0 spiro atoms. The molecule has 0 saturated carbocycles. The predicted molar refractivity (Wildman–Crippen MR) is 91.1 cm³/mol. The van der Waals surface area contributed by atoms with Crippen LogP contribution < -0.4 is 5.32 Å². The van der Waals surface area contributed by atoms with Crippen molar-refractivity contribution in [2.45, 2.75) is 19.4 Å². The van der Waals surface area contributed by atoms with Crippen molar-refractivity contribution in [3.8, 4) is 0 Å². The second-order valence-electron chi connectivity index (χ2n) is 5.69. The van der Waals surface area contributed by atoms with Gasteiger partial charge in [0.1, 0.15) is 0 Å². The Kier molecular flexibility index (Phi) is 4.46. The summed E-state index contributed by atoms with van der Waals surface area (Å²) in [5, 5.41) is 12.2. The number of para-hydroxylation sites is 1. The Hall–Kier alpha value is -2.86.